The molecule has 3 aromatic rings. The van der Waals surface area contributed by atoms with Crippen LogP contribution in [-0.2, 0) is 11.4 Å². The van der Waals surface area contributed by atoms with E-state index in [0.717, 1.165) is 11.1 Å². The molecule has 156 valence electrons. The Morgan fingerprint density at radius 2 is 1.84 bits per heavy atom. The lowest BCUT2D eigenvalue weighted by molar-refractivity contribution is -0.112. The molecule has 0 atom stereocenters. The van der Waals surface area contributed by atoms with Gasteiger partial charge in [-0.1, -0.05) is 48.0 Å². The fraction of sp³-hybridized carbons (Fsp3) is 0.120. The number of nitriles is 1. The van der Waals surface area contributed by atoms with Gasteiger partial charge < -0.3 is 14.8 Å². The summed E-state index contributed by atoms with van der Waals surface area (Å²) in [5, 5.41) is 12.9. The largest absolute Gasteiger partial charge is 0.493 e. The average Bonchev–Trinajstić information content (AvgIpc) is 2.78. The lowest BCUT2D eigenvalue weighted by Gasteiger charge is -2.12. The van der Waals surface area contributed by atoms with Crippen LogP contribution in [0.25, 0.3) is 6.08 Å². The van der Waals surface area contributed by atoms with Crippen LogP contribution in [0.1, 0.15) is 16.7 Å². The molecule has 3 aromatic carbocycles. The lowest BCUT2D eigenvalue weighted by Crippen LogP contribution is -2.14. The van der Waals surface area contributed by atoms with E-state index < -0.39 is 5.91 Å². The van der Waals surface area contributed by atoms with Crippen molar-refractivity contribution in [2.24, 2.45) is 0 Å². The van der Waals surface area contributed by atoms with Crippen LogP contribution in [0.2, 0.25) is 5.02 Å². The van der Waals surface area contributed by atoms with Crippen LogP contribution >= 0.6 is 11.6 Å². The molecule has 6 heteroatoms. The normalized spacial score (nSPS) is 10.8. The number of halogens is 1. The van der Waals surface area contributed by atoms with Gasteiger partial charge >= 0.3 is 0 Å². The van der Waals surface area contributed by atoms with E-state index in [0.29, 0.717) is 34.4 Å². The zero-order valence-electron chi connectivity index (χ0n) is 17.2. The molecule has 0 radical (unpaired) electrons. The van der Waals surface area contributed by atoms with Gasteiger partial charge in [0.05, 0.1) is 7.11 Å². The number of amides is 1. The number of carbonyl (C=O) groups excluding carboxylic acids is 1. The summed E-state index contributed by atoms with van der Waals surface area (Å²) in [6.45, 7) is 2.24. The molecule has 5 nitrogen and oxygen atoms in total. The van der Waals surface area contributed by atoms with Crippen LogP contribution in [0.5, 0.6) is 11.5 Å². The Kier molecular flexibility index (Phi) is 7.31. The van der Waals surface area contributed by atoms with Crippen LogP contribution in [0.3, 0.4) is 0 Å². The van der Waals surface area contributed by atoms with Crippen molar-refractivity contribution in [3.05, 3.63) is 94.0 Å². The topological polar surface area (TPSA) is 71.3 Å². The number of nitrogens with zero attached hydrogens (tertiary/aromatic N) is 1. The molecule has 0 aromatic heterocycles. The summed E-state index contributed by atoms with van der Waals surface area (Å²) in [7, 11) is 1.54. The maximum atomic E-state index is 12.5. The van der Waals surface area contributed by atoms with Crippen molar-refractivity contribution in [3.8, 4) is 17.6 Å². The smallest absolute Gasteiger partial charge is 0.266 e. The number of para-hydroxylation sites is 1. The van der Waals surface area contributed by atoms with Gasteiger partial charge in [0.1, 0.15) is 18.2 Å². The van der Waals surface area contributed by atoms with Gasteiger partial charge in [-0.2, -0.15) is 5.26 Å². The highest BCUT2D eigenvalue weighted by atomic mass is 35.5. The molecular formula is C25H21ClN2O3. The number of carbonyl (C=O) groups is 1. The van der Waals surface area contributed by atoms with Gasteiger partial charge in [0.15, 0.2) is 11.5 Å². The summed E-state index contributed by atoms with van der Waals surface area (Å²) in [5.41, 5.74) is 3.18. The Balaban J connectivity index is 1.75. The van der Waals surface area contributed by atoms with Crippen molar-refractivity contribution in [1.82, 2.24) is 0 Å². The molecular weight excluding hydrogens is 412 g/mol. The van der Waals surface area contributed by atoms with E-state index >= 15 is 0 Å². The Morgan fingerprint density at radius 1 is 1.10 bits per heavy atom. The summed E-state index contributed by atoms with van der Waals surface area (Å²) in [4.78, 5) is 12.5. The third kappa shape index (κ3) is 5.88. The van der Waals surface area contributed by atoms with E-state index in [4.69, 9.17) is 21.1 Å². The number of hydrogen-bond acceptors (Lipinski definition) is 4. The first kappa shape index (κ1) is 21.9. The second-order valence-electron chi connectivity index (χ2n) is 6.76. The maximum absolute atomic E-state index is 12.5. The maximum Gasteiger partial charge on any atom is 0.266 e. The van der Waals surface area contributed by atoms with Gasteiger partial charge in [-0.05, 0) is 60.0 Å². The first-order valence-electron chi connectivity index (χ1n) is 9.54. The molecule has 1 N–H and O–H groups in total. The van der Waals surface area contributed by atoms with E-state index in [2.05, 4.69) is 5.32 Å². The van der Waals surface area contributed by atoms with E-state index in [9.17, 15) is 10.1 Å². The third-order valence-corrected chi connectivity index (χ3v) is 4.82. The Labute approximate surface area is 186 Å². The molecule has 0 bridgehead atoms. The van der Waals surface area contributed by atoms with Gasteiger partial charge in [-0.3, -0.25) is 4.79 Å². The number of anilines is 1. The second-order valence-corrected chi connectivity index (χ2v) is 7.20. The minimum atomic E-state index is -0.473. The van der Waals surface area contributed by atoms with Crippen molar-refractivity contribution in [2.75, 3.05) is 12.4 Å². The van der Waals surface area contributed by atoms with Crippen molar-refractivity contribution in [1.29, 1.82) is 5.26 Å². The van der Waals surface area contributed by atoms with Crippen molar-refractivity contribution in [2.45, 2.75) is 13.5 Å². The van der Waals surface area contributed by atoms with Gasteiger partial charge in [-0.25, -0.2) is 0 Å². The van der Waals surface area contributed by atoms with Crippen LogP contribution < -0.4 is 14.8 Å². The standard InChI is InChI=1S/C25H21ClN2O3/c1-17-5-3-4-6-22(17)28-25(29)20(15-27)13-19-9-12-23(24(14-19)30-2)31-16-18-7-10-21(26)11-8-18/h3-14H,16H2,1-2H3,(H,28,29)/b20-13-. The molecule has 0 unspecified atom stereocenters. The van der Waals surface area contributed by atoms with Crippen LogP contribution in [0.4, 0.5) is 5.69 Å². The summed E-state index contributed by atoms with van der Waals surface area (Å²) in [6, 6.07) is 21.9. The van der Waals surface area contributed by atoms with Gasteiger partial charge in [0.2, 0.25) is 0 Å². The number of aryl methyl sites for hydroxylation is 1. The van der Waals surface area contributed by atoms with Gasteiger partial charge in [0.25, 0.3) is 5.91 Å². The quantitative estimate of drug-likeness (QED) is 0.379. The van der Waals surface area contributed by atoms with E-state index in [1.807, 2.05) is 43.3 Å². The highest BCUT2D eigenvalue weighted by Crippen LogP contribution is 2.30. The summed E-state index contributed by atoms with van der Waals surface area (Å²) in [5.74, 6) is 0.579. The summed E-state index contributed by atoms with van der Waals surface area (Å²) < 4.78 is 11.3. The lowest BCUT2D eigenvalue weighted by atomic mass is 10.1. The molecule has 0 fully saturated rings. The third-order valence-electron chi connectivity index (χ3n) is 4.56. The number of nitrogens with one attached hydrogen (secondary N) is 1. The minimum Gasteiger partial charge on any atom is -0.493 e. The minimum absolute atomic E-state index is 0.0138. The average molecular weight is 433 g/mol. The summed E-state index contributed by atoms with van der Waals surface area (Å²) in [6.07, 6.45) is 1.51. The van der Waals surface area contributed by atoms with E-state index in [-0.39, 0.29) is 5.57 Å². The zero-order valence-corrected chi connectivity index (χ0v) is 17.9. The summed E-state index contributed by atoms with van der Waals surface area (Å²) >= 11 is 5.90. The number of hydrogen-bond donors (Lipinski definition) is 1. The van der Waals surface area contributed by atoms with Crippen molar-refractivity contribution in [3.63, 3.8) is 0 Å². The Bertz CT molecular complexity index is 1150. The first-order valence-corrected chi connectivity index (χ1v) is 9.92. The van der Waals surface area contributed by atoms with Crippen LogP contribution in [-0.4, -0.2) is 13.0 Å². The molecule has 3 rings (SSSR count). The van der Waals surface area contributed by atoms with Crippen molar-refractivity contribution < 1.29 is 14.3 Å². The highest BCUT2D eigenvalue weighted by molar-refractivity contribution is 6.30. The fourth-order valence-electron chi connectivity index (χ4n) is 2.85. The molecule has 0 aliphatic heterocycles. The van der Waals surface area contributed by atoms with Crippen molar-refractivity contribution >= 4 is 29.3 Å². The molecule has 0 heterocycles. The predicted molar refractivity (Wildman–Crippen MR) is 122 cm³/mol. The molecule has 0 saturated carbocycles. The first-order chi connectivity index (χ1) is 15.0. The fourth-order valence-corrected chi connectivity index (χ4v) is 2.98. The molecule has 0 spiro atoms. The molecule has 0 aliphatic rings. The second kappa shape index (κ2) is 10.3. The van der Waals surface area contributed by atoms with E-state index in [1.165, 1.54) is 13.2 Å². The number of rotatable bonds is 7. The van der Waals surface area contributed by atoms with Crippen LogP contribution in [0, 0.1) is 18.3 Å². The highest BCUT2D eigenvalue weighted by Gasteiger charge is 2.12. The SMILES string of the molecule is COc1cc(/C=C(/C#N)C(=O)Nc2ccccc2C)ccc1OCc1ccc(Cl)cc1. The molecule has 31 heavy (non-hydrogen) atoms. The zero-order chi connectivity index (χ0) is 22.2. The van der Waals surface area contributed by atoms with Crippen LogP contribution in [0.15, 0.2) is 72.3 Å². The number of ether oxygens (including phenoxy) is 2. The predicted octanol–water partition coefficient (Wildman–Crippen LogP) is 5.78. The van der Waals surface area contributed by atoms with Gasteiger partial charge in [-0.15, -0.1) is 0 Å². The molecule has 1 amide bonds. The number of methoxy groups -OCH3 is 1. The monoisotopic (exact) mass is 432 g/mol. The van der Waals surface area contributed by atoms with E-state index in [1.54, 1.807) is 36.4 Å². The number of benzene rings is 3. The Hall–Kier alpha value is -3.75. The molecule has 0 saturated heterocycles. The Morgan fingerprint density at radius 3 is 2.52 bits per heavy atom. The van der Waals surface area contributed by atoms with Gasteiger partial charge in [0, 0.05) is 10.7 Å². The molecule has 0 aliphatic carbocycles.